The maximum absolute atomic E-state index is 5.78. The molecule has 0 aliphatic carbocycles. The molecule has 0 unspecified atom stereocenters. The maximum Gasteiger partial charge on any atom is 0.152 e. The minimum absolute atomic E-state index is 0.451. The van der Waals surface area contributed by atoms with Crippen LogP contribution in [0.15, 0.2) is 36.4 Å². The van der Waals surface area contributed by atoms with Crippen molar-refractivity contribution in [1.29, 1.82) is 0 Å². The molecule has 0 aliphatic heterocycles. The molecule has 8 N–H and O–H groups in total. The first-order chi connectivity index (χ1) is 8.06. The van der Waals surface area contributed by atoms with Crippen molar-refractivity contribution in [3.05, 3.63) is 36.4 Å². The van der Waals surface area contributed by atoms with Gasteiger partial charge in [-0.15, -0.1) is 0 Å². The fourth-order valence-corrected chi connectivity index (χ4v) is 1.42. The van der Waals surface area contributed by atoms with Crippen molar-refractivity contribution >= 4 is 22.7 Å². The highest BCUT2D eigenvalue weighted by Crippen LogP contribution is 2.33. The number of nitrogen functional groups attached to an aromatic ring is 4. The smallest absolute Gasteiger partial charge is 0.152 e. The number of nitrogens with two attached hydrogens (primary N) is 4. The third kappa shape index (κ3) is 2.34. The lowest BCUT2D eigenvalue weighted by Crippen LogP contribution is -1.97. The van der Waals surface area contributed by atoms with Gasteiger partial charge < -0.3 is 27.7 Å². The maximum atomic E-state index is 5.78. The summed E-state index contributed by atoms with van der Waals surface area (Å²) in [4.78, 5) is 0. The van der Waals surface area contributed by atoms with Crippen molar-refractivity contribution in [3.8, 4) is 11.5 Å². The van der Waals surface area contributed by atoms with Gasteiger partial charge in [0.2, 0.25) is 0 Å². The van der Waals surface area contributed by atoms with Crippen LogP contribution in [0.25, 0.3) is 0 Å². The number of hydrogen-bond donors (Lipinski definition) is 4. The molecule has 0 heterocycles. The van der Waals surface area contributed by atoms with Crippen LogP contribution in [-0.4, -0.2) is 0 Å². The second kappa shape index (κ2) is 4.13. The van der Waals surface area contributed by atoms with Crippen LogP contribution in [-0.2, 0) is 0 Å². The fourth-order valence-electron chi connectivity index (χ4n) is 1.42. The van der Waals surface area contributed by atoms with E-state index in [1.165, 1.54) is 0 Å². The van der Waals surface area contributed by atoms with Crippen LogP contribution in [0.3, 0.4) is 0 Å². The normalized spacial score (nSPS) is 10.1. The van der Waals surface area contributed by atoms with Gasteiger partial charge in [0.15, 0.2) is 11.5 Å². The molecule has 0 fully saturated rings. The molecule has 0 amide bonds. The second-order valence-corrected chi connectivity index (χ2v) is 3.70. The Balaban J connectivity index is 2.34. The van der Waals surface area contributed by atoms with E-state index < -0.39 is 0 Å². The minimum atomic E-state index is 0.451. The molecule has 0 bridgehead atoms. The highest BCUT2D eigenvalue weighted by Gasteiger charge is 2.06. The number of anilines is 4. The molecule has 0 aliphatic rings. The van der Waals surface area contributed by atoms with Gasteiger partial charge in [0, 0.05) is 17.4 Å². The molecule has 5 nitrogen and oxygen atoms in total. The molecule has 0 aromatic heterocycles. The molecule has 2 aromatic rings. The summed E-state index contributed by atoms with van der Waals surface area (Å²) < 4.78 is 5.59. The Kier molecular flexibility index (Phi) is 2.66. The molecule has 0 saturated heterocycles. The standard InChI is InChI=1S/C12H14N4O/c13-7-2-4-11(10(16)5-7)17-12-6-8(14)1-3-9(12)15/h1-6H,13-16H2. The van der Waals surface area contributed by atoms with Crippen molar-refractivity contribution in [2.45, 2.75) is 0 Å². The largest absolute Gasteiger partial charge is 0.453 e. The van der Waals surface area contributed by atoms with Gasteiger partial charge in [-0.3, -0.25) is 0 Å². The topological polar surface area (TPSA) is 113 Å². The van der Waals surface area contributed by atoms with E-state index >= 15 is 0 Å². The van der Waals surface area contributed by atoms with Gasteiger partial charge in [-0.05, 0) is 30.3 Å². The van der Waals surface area contributed by atoms with Crippen LogP contribution < -0.4 is 27.7 Å². The summed E-state index contributed by atoms with van der Waals surface area (Å²) in [5.41, 5.74) is 24.9. The Morgan fingerprint density at radius 1 is 0.647 bits per heavy atom. The summed E-state index contributed by atoms with van der Waals surface area (Å²) in [6.45, 7) is 0. The number of rotatable bonds is 2. The van der Waals surface area contributed by atoms with Crippen molar-refractivity contribution < 1.29 is 4.74 Å². The van der Waals surface area contributed by atoms with E-state index in [1.807, 2.05) is 0 Å². The second-order valence-electron chi connectivity index (χ2n) is 3.70. The van der Waals surface area contributed by atoms with Gasteiger partial charge in [-0.25, -0.2) is 0 Å². The lowest BCUT2D eigenvalue weighted by molar-refractivity contribution is 0.488. The predicted molar refractivity (Wildman–Crippen MR) is 70.6 cm³/mol. The Morgan fingerprint density at radius 2 is 1.29 bits per heavy atom. The molecule has 0 atom stereocenters. The average Bonchev–Trinajstić information content (AvgIpc) is 2.27. The Hall–Kier alpha value is -2.56. The summed E-state index contributed by atoms with van der Waals surface area (Å²) in [6, 6.07) is 10.0. The third-order valence-corrected chi connectivity index (χ3v) is 2.29. The first-order valence-corrected chi connectivity index (χ1v) is 5.04. The fraction of sp³-hybridized carbons (Fsp3) is 0. The SMILES string of the molecule is Nc1ccc(Oc2cc(N)ccc2N)c(N)c1. The third-order valence-electron chi connectivity index (χ3n) is 2.29. The van der Waals surface area contributed by atoms with Crippen LogP contribution >= 0.6 is 0 Å². The molecule has 5 heteroatoms. The van der Waals surface area contributed by atoms with Crippen molar-refractivity contribution in [2.24, 2.45) is 0 Å². The molecule has 2 aromatic carbocycles. The van der Waals surface area contributed by atoms with Gasteiger partial charge >= 0.3 is 0 Å². The van der Waals surface area contributed by atoms with E-state index in [2.05, 4.69) is 0 Å². The highest BCUT2D eigenvalue weighted by atomic mass is 16.5. The zero-order valence-corrected chi connectivity index (χ0v) is 9.18. The number of benzene rings is 2. The van der Waals surface area contributed by atoms with Gasteiger partial charge in [-0.1, -0.05) is 0 Å². The van der Waals surface area contributed by atoms with Gasteiger partial charge in [-0.2, -0.15) is 0 Å². The highest BCUT2D eigenvalue weighted by molar-refractivity contribution is 5.65. The Labute approximate surface area is 99.0 Å². The van der Waals surface area contributed by atoms with Crippen LogP contribution in [0.4, 0.5) is 22.7 Å². The van der Waals surface area contributed by atoms with Crippen molar-refractivity contribution in [3.63, 3.8) is 0 Å². The van der Waals surface area contributed by atoms with Crippen LogP contribution in [0.5, 0.6) is 11.5 Å². The quantitative estimate of drug-likeness (QED) is 0.587. The Morgan fingerprint density at radius 3 is 2.00 bits per heavy atom. The van der Waals surface area contributed by atoms with Crippen LogP contribution in [0.2, 0.25) is 0 Å². The van der Waals surface area contributed by atoms with Gasteiger partial charge in [0.25, 0.3) is 0 Å². The average molecular weight is 230 g/mol. The molecule has 2 rings (SSSR count). The molecule has 17 heavy (non-hydrogen) atoms. The van der Waals surface area contributed by atoms with E-state index in [4.69, 9.17) is 27.7 Å². The van der Waals surface area contributed by atoms with E-state index in [9.17, 15) is 0 Å². The lowest BCUT2D eigenvalue weighted by atomic mass is 10.2. The zero-order valence-electron chi connectivity index (χ0n) is 9.18. The predicted octanol–water partition coefficient (Wildman–Crippen LogP) is 1.81. The number of ether oxygens (including phenoxy) is 1. The summed E-state index contributed by atoms with van der Waals surface area (Å²) in [5.74, 6) is 0.970. The zero-order chi connectivity index (χ0) is 12.4. The van der Waals surface area contributed by atoms with E-state index in [0.29, 0.717) is 34.2 Å². The van der Waals surface area contributed by atoms with Crippen molar-refractivity contribution in [2.75, 3.05) is 22.9 Å². The van der Waals surface area contributed by atoms with Gasteiger partial charge in [0.05, 0.1) is 11.4 Å². The van der Waals surface area contributed by atoms with Crippen LogP contribution in [0.1, 0.15) is 0 Å². The molecular formula is C12H14N4O. The molecular weight excluding hydrogens is 216 g/mol. The first-order valence-electron chi connectivity index (χ1n) is 5.04. The van der Waals surface area contributed by atoms with E-state index in [0.717, 1.165) is 0 Å². The van der Waals surface area contributed by atoms with Crippen molar-refractivity contribution in [1.82, 2.24) is 0 Å². The van der Waals surface area contributed by atoms with Gasteiger partial charge in [0.1, 0.15) is 0 Å². The summed E-state index contributed by atoms with van der Waals surface area (Å²) >= 11 is 0. The first kappa shape index (κ1) is 10.9. The summed E-state index contributed by atoms with van der Waals surface area (Å²) in [6.07, 6.45) is 0. The van der Waals surface area contributed by atoms with E-state index in [-0.39, 0.29) is 0 Å². The summed E-state index contributed by atoms with van der Waals surface area (Å²) in [7, 11) is 0. The Bertz CT molecular complexity index is 554. The minimum Gasteiger partial charge on any atom is -0.453 e. The lowest BCUT2D eigenvalue weighted by Gasteiger charge is -2.11. The molecule has 88 valence electrons. The monoisotopic (exact) mass is 230 g/mol. The van der Waals surface area contributed by atoms with Crippen LogP contribution in [0, 0.1) is 0 Å². The van der Waals surface area contributed by atoms with E-state index in [1.54, 1.807) is 36.4 Å². The molecule has 0 saturated carbocycles. The number of hydrogen-bond acceptors (Lipinski definition) is 5. The summed E-state index contributed by atoms with van der Waals surface area (Å²) in [5, 5.41) is 0. The molecule has 0 spiro atoms. The molecule has 0 radical (unpaired) electrons.